The molecule has 6 rings (SSSR count). The van der Waals surface area contributed by atoms with Crippen molar-refractivity contribution in [2.75, 3.05) is 29.5 Å². The van der Waals surface area contributed by atoms with E-state index in [2.05, 4.69) is 5.16 Å². The highest BCUT2D eigenvalue weighted by Crippen LogP contribution is 2.47. The van der Waals surface area contributed by atoms with E-state index >= 15 is 4.39 Å². The average molecular weight is 735 g/mol. The first kappa shape index (κ1) is 36.3. The number of rotatable bonds is 19. The molecule has 8 nitrogen and oxygen atoms in total. The van der Waals surface area contributed by atoms with Crippen LogP contribution < -0.4 is 10.6 Å². The van der Waals surface area contributed by atoms with Crippen LogP contribution in [0.4, 0.5) is 10.1 Å². The third-order valence-electron chi connectivity index (χ3n) is 10.2. The number of piperidine rings is 1. The van der Waals surface area contributed by atoms with Gasteiger partial charge in [-0.25, -0.2) is 12.8 Å². The Morgan fingerprint density at radius 1 is 1.00 bits per heavy atom. The maximum atomic E-state index is 15.4. The molecule has 0 amide bonds. The highest BCUT2D eigenvalue weighted by Gasteiger charge is 2.46. The highest BCUT2D eigenvalue weighted by molar-refractivity contribution is 7.92. The minimum atomic E-state index is -3.57. The second-order valence-electron chi connectivity index (χ2n) is 13.9. The van der Waals surface area contributed by atoms with Crippen LogP contribution in [0.5, 0.6) is 0 Å². The van der Waals surface area contributed by atoms with Gasteiger partial charge in [0.1, 0.15) is 23.0 Å². The van der Waals surface area contributed by atoms with Gasteiger partial charge in [-0.2, -0.15) is 0 Å². The fraction of sp³-hybridized carbons (Fsp3) is 0.568. The first-order valence-electron chi connectivity index (χ1n) is 17.7. The Kier molecular flexibility index (Phi) is 12.0. The molecule has 2 N–H and O–H groups in total. The summed E-state index contributed by atoms with van der Waals surface area (Å²) in [7, 11) is -3.57. The molecule has 2 aromatic carbocycles. The van der Waals surface area contributed by atoms with Gasteiger partial charge in [-0.15, -0.1) is 0 Å². The number of aromatic nitrogens is 1. The predicted octanol–water partition coefficient (Wildman–Crippen LogP) is 8.53. The lowest BCUT2D eigenvalue weighted by Gasteiger charge is -2.33. The zero-order valence-electron chi connectivity index (χ0n) is 27.8. The maximum absolute atomic E-state index is 15.4. The lowest BCUT2D eigenvalue weighted by molar-refractivity contribution is 0.0122. The van der Waals surface area contributed by atoms with Crippen LogP contribution in [0.15, 0.2) is 40.9 Å². The van der Waals surface area contributed by atoms with Gasteiger partial charge in [-0.3, -0.25) is 4.79 Å². The van der Waals surface area contributed by atoms with E-state index in [0.29, 0.717) is 52.5 Å². The van der Waals surface area contributed by atoms with Gasteiger partial charge in [-0.05, 0) is 75.4 Å². The Labute approximate surface area is 298 Å². The van der Waals surface area contributed by atoms with Crippen LogP contribution >= 0.6 is 23.2 Å². The first-order valence-corrected chi connectivity index (χ1v) is 20.3. The fourth-order valence-electron chi connectivity index (χ4n) is 7.44. The van der Waals surface area contributed by atoms with Crippen molar-refractivity contribution in [2.24, 2.45) is 11.7 Å². The van der Waals surface area contributed by atoms with E-state index in [4.69, 9.17) is 38.2 Å². The Bertz CT molecular complexity index is 1710. The Morgan fingerprint density at radius 2 is 1.69 bits per heavy atom. The van der Waals surface area contributed by atoms with Gasteiger partial charge in [0.15, 0.2) is 15.6 Å². The summed E-state index contributed by atoms with van der Waals surface area (Å²) in [4.78, 5) is 14.9. The molecule has 2 aliphatic carbocycles. The zero-order chi connectivity index (χ0) is 34.5. The van der Waals surface area contributed by atoms with E-state index in [-0.39, 0.29) is 29.4 Å². The molecule has 3 aromatic rings. The largest absolute Gasteiger partial charge is 0.373 e. The number of ketones is 1. The summed E-state index contributed by atoms with van der Waals surface area (Å²) in [6, 6.07) is 9.80. The van der Waals surface area contributed by atoms with Crippen molar-refractivity contribution in [3.8, 4) is 11.3 Å². The zero-order valence-corrected chi connectivity index (χ0v) is 30.2. The van der Waals surface area contributed by atoms with Crippen molar-refractivity contribution in [3.63, 3.8) is 0 Å². The standard InChI is InChI=1S/C37H46Cl2FN3O5S/c38-29-10-9-11-30(39)35(29)36-28(37(48-42-36)24-12-13-24)22-47-34-20-27-18-26(34)21-43(27)32-15-14-25(19-31(32)40)33(44)23-49(45,46)17-8-6-4-2-1-3-5-7-16-41/h9-11,14-15,19,24,26-27,34H,1-8,12-13,16-18,20-23,41H2/t26-,27-,34+/m0/s1. The SMILES string of the molecule is NCCCCCCCCCCS(=O)(=O)CC(=O)c1ccc(N2C[C@@H]3C[C@H]2C[C@H]3OCc2c(-c3c(Cl)cccc3Cl)noc2C2CC2)c(F)c1. The number of hydrogen-bond donors (Lipinski definition) is 1. The summed E-state index contributed by atoms with van der Waals surface area (Å²) in [5.41, 5.74) is 8.18. The van der Waals surface area contributed by atoms with Gasteiger partial charge in [0.2, 0.25) is 0 Å². The molecule has 1 aliphatic heterocycles. The van der Waals surface area contributed by atoms with Crippen molar-refractivity contribution < 1.29 is 26.9 Å². The van der Waals surface area contributed by atoms with Crippen LogP contribution in [-0.4, -0.2) is 56.1 Å². The molecule has 2 saturated carbocycles. The molecule has 2 heterocycles. The predicted molar refractivity (Wildman–Crippen MR) is 192 cm³/mol. The number of nitrogens with zero attached hydrogens (tertiary/aromatic N) is 2. The van der Waals surface area contributed by atoms with Crippen molar-refractivity contribution >= 4 is 44.5 Å². The molecule has 3 atom stereocenters. The van der Waals surface area contributed by atoms with Crippen LogP contribution in [0.1, 0.15) is 105 Å². The summed E-state index contributed by atoms with van der Waals surface area (Å²) >= 11 is 13.0. The Morgan fingerprint density at radius 3 is 2.33 bits per heavy atom. The van der Waals surface area contributed by atoms with E-state index in [1.807, 2.05) is 4.90 Å². The second-order valence-corrected chi connectivity index (χ2v) is 16.9. The van der Waals surface area contributed by atoms with Gasteiger partial charge >= 0.3 is 0 Å². The summed E-state index contributed by atoms with van der Waals surface area (Å²) < 4.78 is 53.0. The molecule has 49 heavy (non-hydrogen) atoms. The molecule has 1 saturated heterocycles. The number of fused-ring (bicyclic) bond motifs is 2. The van der Waals surface area contributed by atoms with Crippen LogP contribution in [0.2, 0.25) is 10.0 Å². The summed E-state index contributed by atoms with van der Waals surface area (Å²) in [6.07, 6.45) is 11.6. The van der Waals surface area contributed by atoms with Gasteiger partial charge in [0.25, 0.3) is 0 Å². The van der Waals surface area contributed by atoms with Gasteiger partial charge < -0.3 is 19.9 Å². The van der Waals surface area contributed by atoms with Crippen molar-refractivity contribution in [3.05, 3.63) is 69.1 Å². The molecular formula is C37H46Cl2FN3O5S. The lowest BCUT2D eigenvalue weighted by atomic mass is 10.0. The molecule has 1 aromatic heterocycles. The summed E-state index contributed by atoms with van der Waals surface area (Å²) in [6.45, 7) is 1.68. The molecule has 0 spiro atoms. The number of benzene rings is 2. The van der Waals surface area contributed by atoms with E-state index in [1.165, 1.54) is 6.07 Å². The van der Waals surface area contributed by atoms with Crippen LogP contribution in [0.3, 0.4) is 0 Å². The average Bonchev–Trinajstić information content (AvgIpc) is 3.52. The van der Waals surface area contributed by atoms with Gasteiger partial charge in [-0.1, -0.05) is 72.9 Å². The van der Waals surface area contributed by atoms with Crippen molar-refractivity contribution in [2.45, 2.75) is 102 Å². The van der Waals surface area contributed by atoms with E-state index < -0.39 is 27.2 Å². The van der Waals surface area contributed by atoms with E-state index in [9.17, 15) is 13.2 Å². The number of unbranched alkanes of at least 4 members (excludes halogenated alkanes) is 7. The minimum absolute atomic E-state index is 0.00628. The van der Waals surface area contributed by atoms with Gasteiger partial charge in [0.05, 0.1) is 34.2 Å². The van der Waals surface area contributed by atoms with Crippen LogP contribution in [0, 0.1) is 11.7 Å². The first-order chi connectivity index (χ1) is 23.6. The monoisotopic (exact) mass is 733 g/mol. The molecule has 3 fully saturated rings. The molecule has 3 aliphatic rings. The van der Waals surface area contributed by atoms with E-state index in [0.717, 1.165) is 88.5 Å². The van der Waals surface area contributed by atoms with Crippen LogP contribution in [-0.2, 0) is 21.2 Å². The molecular weight excluding hydrogens is 688 g/mol. The third kappa shape index (κ3) is 8.87. The molecule has 266 valence electrons. The number of nitrogens with two attached hydrogens (primary N) is 1. The molecule has 12 heteroatoms. The maximum Gasteiger partial charge on any atom is 0.177 e. The Hall–Kier alpha value is -2.50. The minimum Gasteiger partial charge on any atom is -0.373 e. The number of carbonyl (C=O) groups excluding carboxylic acids is 1. The van der Waals surface area contributed by atoms with Crippen LogP contribution in [0.25, 0.3) is 11.3 Å². The summed E-state index contributed by atoms with van der Waals surface area (Å²) in [5, 5.41) is 5.37. The number of carbonyl (C=O) groups is 1. The highest BCUT2D eigenvalue weighted by atomic mass is 35.5. The fourth-order valence-corrected chi connectivity index (χ4v) is 9.37. The quantitative estimate of drug-likeness (QED) is 0.0963. The topological polar surface area (TPSA) is 116 Å². The Balaban J connectivity index is 1.00. The molecule has 2 bridgehead atoms. The number of ether oxygens (including phenoxy) is 1. The third-order valence-corrected chi connectivity index (χ3v) is 12.5. The number of halogens is 3. The number of sulfone groups is 1. The summed E-state index contributed by atoms with van der Waals surface area (Å²) in [5.74, 6) is -0.341. The smallest absolute Gasteiger partial charge is 0.177 e. The van der Waals surface area contributed by atoms with E-state index in [1.54, 1.807) is 30.3 Å². The van der Waals surface area contributed by atoms with Gasteiger partial charge in [0, 0.05) is 41.1 Å². The molecule has 0 unspecified atom stereocenters. The molecule has 0 radical (unpaired) electrons. The lowest BCUT2D eigenvalue weighted by Crippen LogP contribution is -2.39. The number of anilines is 1. The second kappa shape index (κ2) is 16.2. The number of hydrogen-bond acceptors (Lipinski definition) is 8. The van der Waals surface area contributed by atoms with Crippen molar-refractivity contribution in [1.82, 2.24) is 5.16 Å². The normalized spacial score (nSPS) is 20.4. The number of Topliss-reactive ketones (excluding diaryl/α,β-unsaturated/α-hetero) is 1. The van der Waals surface area contributed by atoms with Crippen molar-refractivity contribution in [1.29, 1.82) is 0 Å².